The molecule has 508 valence electrons. The topological polar surface area (TPSA) is 38.7 Å². The molecule has 2 aliphatic carbocycles. The standard InChI is InChI=1S/C106H69N3/c1-3-23-70(24-4-1)74-27-13-30-77(59-74)80-33-16-34-81(62-80)79-32-15-29-76(61-79)72-53-55-73(56-54-72)103-107-104(93-45-21-43-90(67-93)87-40-18-35-82(64-87)78-31-14-28-75(60-78)71-25-5-2-6-26-71)109-105(108-103)94-46-22-44-91(68-94)88-41-19-38-85(65-88)83-36-17-37-84(63-83)86-39-20-42-89(66-86)92-57-58-98-97-49-9-12-52-101(97)106(102(98)69-92)99-50-10-7-47-95(99)96-48-8-11-51-100(96)106/h1-69H. The largest absolute Gasteiger partial charge is 0.208 e. The molecule has 18 aromatic rings. The molecule has 17 aromatic carbocycles. The lowest BCUT2D eigenvalue weighted by Gasteiger charge is -2.30. The second-order valence-electron chi connectivity index (χ2n) is 28.6. The van der Waals surface area contributed by atoms with Crippen LogP contribution in [0.3, 0.4) is 0 Å². The number of benzene rings is 17. The Kier molecular flexibility index (Phi) is 16.1. The van der Waals surface area contributed by atoms with Crippen LogP contribution in [-0.4, -0.2) is 15.0 Å². The van der Waals surface area contributed by atoms with E-state index in [9.17, 15) is 0 Å². The zero-order valence-electron chi connectivity index (χ0n) is 59.7. The number of fused-ring (bicyclic) bond motifs is 10. The first kappa shape index (κ1) is 64.4. The van der Waals surface area contributed by atoms with Crippen molar-refractivity contribution in [3.05, 3.63) is 441 Å². The lowest BCUT2D eigenvalue weighted by molar-refractivity contribution is 0.794. The molecule has 20 rings (SSSR count). The highest BCUT2D eigenvalue weighted by Gasteiger charge is 2.51. The third kappa shape index (κ3) is 11.9. The summed E-state index contributed by atoms with van der Waals surface area (Å²) in [5.41, 5.74) is 38.1. The van der Waals surface area contributed by atoms with Crippen molar-refractivity contribution >= 4 is 0 Å². The molecule has 0 atom stereocenters. The minimum absolute atomic E-state index is 0.406. The van der Waals surface area contributed by atoms with Crippen LogP contribution in [0.5, 0.6) is 0 Å². The molecule has 0 bridgehead atoms. The zero-order chi connectivity index (χ0) is 72.2. The van der Waals surface area contributed by atoms with Crippen LogP contribution in [0.1, 0.15) is 22.3 Å². The summed E-state index contributed by atoms with van der Waals surface area (Å²) >= 11 is 0. The quantitative estimate of drug-likeness (QED) is 0.109. The van der Waals surface area contributed by atoms with E-state index in [0.29, 0.717) is 17.5 Å². The van der Waals surface area contributed by atoms with Gasteiger partial charge in [0.05, 0.1) is 5.41 Å². The van der Waals surface area contributed by atoms with Gasteiger partial charge in [0, 0.05) is 16.7 Å². The summed E-state index contributed by atoms with van der Waals surface area (Å²) < 4.78 is 0. The Morgan fingerprint density at radius 3 is 0.596 bits per heavy atom. The van der Waals surface area contributed by atoms with Crippen molar-refractivity contribution < 1.29 is 0 Å². The fraction of sp³-hybridized carbons (Fsp3) is 0.00943. The molecule has 1 heterocycles. The fourth-order valence-electron chi connectivity index (χ4n) is 16.8. The summed E-state index contributed by atoms with van der Waals surface area (Å²) in [4.78, 5) is 16.1. The third-order valence-electron chi connectivity index (χ3n) is 22.1. The van der Waals surface area contributed by atoms with E-state index in [4.69, 9.17) is 15.0 Å². The van der Waals surface area contributed by atoms with Gasteiger partial charge < -0.3 is 0 Å². The normalized spacial score (nSPS) is 12.1. The van der Waals surface area contributed by atoms with E-state index < -0.39 is 5.41 Å². The minimum atomic E-state index is -0.406. The smallest absolute Gasteiger partial charge is 0.164 e. The number of rotatable bonds is 14. The van der Waals surface area contributed by atoms with E-state index in [0.717, 1.165) is 94.6 Å². The van der Waals surface area contributed by atoms with Crippen LogP contribution in [0, 0.1) is 0 Å². The highest BCUT2D eigenvalue weighted by Crippen LogP contribution is 2.63. The van der Waals surface area contributed by atoms with Gasteiger partial charge in [-0.3, -0.25) is 0 Å². The average Bonchev–Trinajstić information content (AvgIpc) is 1.51. The van der Waals surface area contributed by atoms with Gasteiger partial charge in [0.2, 0.25) is 0 Å². The van der Waals surface area contributed by atoms with E-state index in [1.807, 2.05) is 0 Å². The van der Waals surface area contributed by atoms with Gasteiger partial charge >= 0.3 is 0 Å². The summed E-state index contributed by atoms with van der Waals surface area (Å²) in [5.74, 6) is 1.76. The lowest BCUT2D eigenvalue weighted by atomic mass is 9.70. The number of aromatic nitrogens is 3. The Bertz CT molecular complexity index is 6480. The Morgan fingerprint density at radius 1 is 0.119 bits per heavy atom. The average molecular weight is 1380 g/mol. The van der Waals surface area contributed by atoms with Gasteiger partial charge in [0.25, 0.3) is 0 Å². The molecule has 0 saturated carbocycles. The van der Waals surface area contributed by atoms with Gasteiger partial charge in [-0.1, -0.05) is 352 Å². The molecule has 0 saturated heterocycles. The first-order valence-corrected chi connectivity index (χ1v) is 37.4. The number of hydrogen-bond donors (Lipinski definition) is 0. The summed E-state index contributed by atoms with van der Waals surface area (Å²) in [6, 6.07) is 152. The molecule has 109 heavy (non-hydrogen) atoms. The van der Waals surface area contributed by atoms with E-state index in [2.05, 4.69) is 419 Å². The third-order valence-corrected chi connectivity index (χ3v) is 22.1. The van der Waals surface area contributed by atoms with Gasteiger partial charge in [0.15, 0.2) is 17.5 Å². The molecule has 0 radical (unpaired) electrons. The fourth-order valence-corrected chi connectivity index (χ4v) is 16.8. The SMILES string of the molecule is c1ccc(-c2cccc(-c3cccc(-c4cccc(-c5ccc(-c6nc(-c7cccc(-c8cccc(-c9cccc(-c%10ccccc%10)c9)c8)c7)nc(-c7cccc(-c8cccc(-c9cccc(-c%10cccc(-c%11ccc%12c(c%11)C%11(c%13ccccc%13-c%13ccccc%13%11)c%11ccccc%11-%12)c%10)c9)c8)c7)n6)cc5)c4)c3)c2)cc1. The van der Waals surface area contributed by atoms with Gasteiger partial charge in [-0.05, 0) is 234 Å². The van der Waals surface area contributed by atoms with Crippen LogP contribution < -0.4 is 0 Å². The van der Waals surface area contributed by atoms with Crippen molar-refractivity contribution in [3.63, 3.8) is 0 Å². The van der Waals surface area contributed by atoms with Crippen LogP contribution >= 0.6 is 0 Å². The molecule has 0 aliphatic heterocycles. The second-order valence-corrected chi connectivity index (χ2v) is 28.6. The van der Waals surface area contributed by atoms with Crippen molar-refractivity contribution in [1.29, 1.82) is 0 Å². The van der Waals surface area contributed by atoms with E-state index in [-0.39, 0.29) is 0 Å². The van der Waals surface area contributed by atoms with Crippen LogP contribution in [0.25, 0.3) is 179 Å². The van der Waals surface area contributed by atoms with E-state index in [1.165, 1.54) is 89.0 Å². The summed E-state index contributed by atoms with van der Waals surface area (Å²) in [6.07, 6.45) is 0. The van der Waals surface area contributed by atoms with Crippen LogP contribution in [0.4, 0.5) is 0 Å². The van der Waals surface area contributed by atoms with Gasteiger partial charge in [-0.2, -0.15) is 0 Å². The zero-order valence-corrected chi connectivity index (χ0v) is 59.7. The van der Waals surface area contributed by atoms with Crippen LogP contribution in [0.15, 0.2) is 419 Å². The molecular formula is C106H69N3. The predicted octanol–water partition coefficient (Wildman–Crippen LogP) is 27.6. The molecule has 0 amide bonds. The Morgan fingerprint density at radius 2 is 0.303 bits per heavy atom. The van der Waals surface area contributed by atoms with Crippen LogP contribution in [0.2, 0.25) is 0 Å². The lowest BCUT2D eigenvalue weighted by Crippen LogP contribution is -2.25. The predicted molar refractivity (Wildman–Crippen MR) is 452 cm³/mol. The van der Waals surface area contributed by atoms with Crippen molar-refractivity contribution in [3.8, 4) is 179 Å². The molecular weight excluding hydrogens is 1320 g/mol. The second kappa shape index (κ2) is 27.3. The highest BCUT2D eigenvalue weighted by molar-refractivity contribution is 5.97. The van der Waals surface area contributed by atoms with Crippen molar-refractivity contribution in [1.82, 2.24) is 15.0 Å². The summed E-state index contributed by atoms with van der Waals surface area (Å²) in [5, 5.41) is 0. The molecule has 0 unspecified atom stereocenters. The number of hydrogen-bond acceptors (Lipinski definition) is 3. The Balaban J connectivity index is 0.619. The summed E-state index contributed by atoms with van der Waals surface area (Å²) in [6.45, 7) is 0. The van der Waals surface area contributed by atoms with Crippen molar-refractivity contribution in [2.75, 3.05) is 0 Å². The van der Waals surface area contributed by atoms with Crippen molar-refractivity contribution in [2.24, 2.45) is 0 Å². The molecule has 3 nitrogen and oxygen atoms in total. The maximum Gasteiger partial charge on any atom is 0.164 e. The Labute approximate surface area is 635 Å². The van der Waals surface area contributed by atoms with Crippen LogP contribution in [-0.2, 0) is 5.41 Å². The van der Waals surface area contributed by atoms with E-state index >= 15 is 0 Å². The molecule has 1 aromatic heterocycles. The molecule has 0 N–H and O–H groups in total. The maximum atomic E-state index is 5.38. The minimum Gasteiger partial charge on any atom is -0.208 e. The molecule has 3 heteroatoms. The highest BCUT2D eigenvalue weighted by atomic mass is 15.0. The first-order chi connectivity index (χ1) is 53.9. The van der Waals surface area contributed by atoms with Gasteiger partial charge in [-0.25, -0.2) is 15.0 Å². The maximum absolute atomic E-state index is 5.38. The Hall–Kier alpha value is -14.3. The summed E-state index contributed by atoms with van der Waals surface area (Å²) in [7, 11) is 0. The molecule has 0 fully saturated rings. The molecule has 1 spiro atoms. The van der Waals surface area contributed by atoms with E-state index in [1.54, 1.807) is 0 Å². The van der Waals surface area contributed by atoms with Gasteiger partial charge in [0.1, 0.15) is 0 Å². The number of nitrogens with zero attached hydrogens (tertiary/aromatic N) is 3. The molecule has 2 aliphatic rings. The first-order valence-electron chi connectivity index (χ1n) is 37.4. The monoisotopic (exact) mass is 1380 g/mol. The van der Waals surface area contributed by atoms with Gasteiger partial charge in [-0.15, -0.1) is 0 Å². The van der Waals surface area contributed by atoms with Crippen molar-refractivity contribution in [2.45, 2.75) is 5.41 Å².